The molecule has 28 heavy (non-hydrogen) atoms. The van der Waals surface area contributed by atoms with Gasteiger partial charge in [0.25, 0.3) is 5.69 Å². The minimum absolute atomic E-state index is 0.0203. The van der Waals surface area contributed by atoms with E-state index in [9.17, 15) is 19.3 Å². The highest BCUT2D eigenvalue weighted by molar-refractivity contribution is 6.00. The maximum absolute atomic E-state index is 13.7. The number of rotatable bonds is 3. The highest BCUT2D eigenvalue weighted by atomic mass is 19.1. The molecule has 0 atom stereocenters. The molecular formula is C22H19FN2O3. The quantitative estimate of drug-likeness (QED) is 0.456. The molecule has 0 amide bonds. The normalized spacial score (nSPS) is 15.3. The van der Waals surface area contributed by atoms with Crippen LogP contribution in [0.25, 0.3) is 16.9 Å². The average molecular weight is 378 g/mol. The third-order valence-corrected chi connectivity index (χ3v) is 5.13. The van der Waals surface area contributed by atoms with Gasteiger partial charge in [-0.3, -0.25) is 14.9 Å². The predicted octanol–water partition coefficient (Wildman–Crippen LogP) is 5.35. The summed E-state index contributed by atoms with van der Waals surface area (Å²) in [6, 6.07) is 14.7. The molecule has 6 heteroatoms. The summed E-state index contributed by atoms with van der Waals surface area (Å²) in [5, 5.41) is 11.6. The van der Waals surface area contributed by atoms with Crippen molar-refractivity contribution in [2.75, 3.05) is 0 Å². The summed E-state index contributed by atoms with van der Waals surface area (Å²) in [6.45, 7) is 4.01. The van der Waals surface area contributed by atoms with E-state index < -0.39 is 10.7 Å². The molecule has 1 aromatic heterocycles. The van der Waals surface area contributed by atoms with Gasteiger partial charge in [-0.15, -0.1) is 0 Å². The Balaban J connectivity index is 2.07. The number of nitro benzene ring substituents is 1. The number of hydrogen-bond donors (Lipinski definition) is 0. The summed E-state index contributed by atoms with van der Waals surface area (Å²) in [7, 11) is 0. The summed E-state index contributed by atoms with van der Waals surface area (Å²) >= 11 is 0. The third kappa shape index (κ3) is 3.01. The van der Waals surface area contributed by atoms with E-state index in [1.54, 1.807) is 10.6 Å². The minimum Gasteiger partial charge on any atom is -0.307 e. The molecule has 2 aromatic carbocycles. The maximum Gasteiger partial charge on any atom is 0.296 e. The molecule has 0 aliphatic heterocycles. The predicted molar refractivity (Wildman–Crippen MR) is 104 cm³/mol. The van der Waals surface area contributed by atoms with Crippen molar-refractivity contribution in [1.29, 1.82) is 0 Å². The number of aromatic nitrogens is 1. The van der Waals surface area contributed by atoms with Crippen LogP contribution in [0.1, 0.15) is 36.3 Å². The Labute approximate surface area is 161 Å². The largest absolute Gasteiger partial charge is 0.307 e. The van der Waals surface area contributed by atoms with E-state index in [4.69, 9.17) is 0 Å². The Morgan fingerprint density at radius 3 is 2.46 bits per heavy atom. The van der Waals surface area contributed by atoms with Crippen molar-refractivity contribution in [3.05, 3.63) is 81.8 Å². The number of ketones is 1. The molecule has 0 saturated heterocycles. The molecule has 142 valence electrons. The van der Waals surface area contributed by atoms with Crippen molar-refractivity contribution in [3.63, 3.8) is 0 Å². The molecule has 4 rings (SSSR count). The summed E-state index contributed by atoms with van der Waals surface area (Å²) in [6.07, 6.45) is 1.01. The zero-order valence-electron chi connectivity index (χ0n) is 15.6. The van der Waals surface area contributed by atoms with Crippen LogP contribution in [-0.2, 0) is 6.42 Å². The maximum atomic E-state index is 13.7. The summed E-state index contributed by atoms with van der Waals surface area (Å²) in [5.74, 6) is -0.652. The standard InChI is InChI=1S/C22H19FN2O3/c1-22(2)12-20-16(21(26)13-22)11-18(14-6-4-3-5-7-14)24(20)17-9-8-15(23)10-19(17)25(27)28/h3-11H,12-13H2,1-2H3. The second kappa shape index (κ2) is 6.41. The number of nitro groups is 1. The minimum atomic E-state index is -0.672. The van der Waals surface area contributed by atoms with Gasteiger partial charge in [-0.25, -0.2) is 4.39 Å². The van der Waals surface area contributed by atoms with Crippen LogP contribution >= 0.6 is 0 Å². The summed E-state index contributed by atoms with van der Waals surface area (Å²) in [5.41, 5.74) is 2.51. The lowest BCUT2D eigenvalue weighted by atomic mass is 9.76. The molecule has 3 aromatic rings. The van der Waals surface area contributed by atoms with E-state index in [0.717, 1.165) is 17.3 Å². The first-order valence-corrected chi connectivity index (χ1v) is 9.04. The fraction of sp³-hybridized carbons (Fsp3) is 0.227. The SMILES string of the molecule is CC1(C)CC(=O)c2cc(-c3ccccc3)n(-c3ccc(F)cc3[N+](=O)[O-])c2C1. The number of benzene rings is 2. The van der Waals surface area contributed by atoms with Crippen LogP contribution < -0.4 is 0 Å². The molecule has 1 heterocycles. The molecular weight excluding hydrogens is 359 g/mol. The highest BCUT2D eigenvalue weighted by Gasteiger charge is 2.36. The van der Waals surface area contributed by atoms with Crippen molar-refractivity contribution < 1.29 is 14.1 Å². The smallest absolute Gasteiger partial charge is 0.296 e. The van der Waals surface area contributed by atoms with Crippen molar-refractivity contribution in [2.45, 2.75) is 26.7 Å². The van der Waals surface area contributed by atoms with Gasteiger partial charge in [-0.05, 0) is 35.6 Å². The zero-order chi connectivity index (χ0) is 20.1. The van der Waals surface area contributed by atoms with Gasteiger partial charge < -0.3 is 4.57 Å². The van der Waals surface area contributed by atoms with E-state index in [2.05, 4.69) is 0 Å². The van der Waals surface area contributed by atoms with Gasteiger partial charge >= 0.3 is 0 Å². The van der Waals surface area contributed by atoms with Gasteiger partial charge in [-0.2, -0.15) is 0 Å². The Morgan fingerprint density at radius 1 is 1.07 bits per heavy atom. The van der Waals surface area contributed by atoms with E-state index in [-0.39, 0.29) is 22.6 Å². The van der Waals surface area contributed by atoms with E-state index in [1.165, 1.54) is 12.1 Å². The molecule has 0 unspecified atom stereocenters. The average Bonchev–Trinajstić information content (AvgIpc) is 3.00. The number of carbonyl (C=O) groups excluding carboxylic acids is 1. The van der Waals surface area contributed by atoms with Gasteiger partial charge in [0.1, 0.15) is 11.5 Å². The van der Waals surface area contributed by atoms with Gasteiger partial charge in [0.2, 0.25) is 0 Å². The van der Waals surface area contributed by atoms with E-state index in [1.807, 2.05) is 44.2 Å². The molecule has 5 nitrogen and oxygen atoms in total. The van der Waals surface area contributed by atoms with Crippen LogP contribution in [0.5, 0.6) is 0 Å². The molecule has 0 N–H and O–H groups in total. The third-order valence-electron chi connectivity index (χ3n) is 5.13. The lowest BCUT2D eigenvalue weighted by Gasteiger charge is -2.29. The van der Waals surface area contributed by atoms with Crippen molar-refractivity contribution in [3.8, 4) is 16.9 Å². The first-order valence-electron chi connectivity index (χ1n) is 9.04. The summed E-state index contributed by atoms with van der Waals surface area (Å²) < 4.78 is 15.5. The van der Waals surface area contributed by atoms with E-state index in [0.29, 0.717) is 24.1 Å². The van der Waals surface area contributed by atoms with Gasteiger partial charge in [-0.1, -0.05) is 44.2 Å². The first-order chi connectivity index (χ1) is 13.3. The number of Topliss-reactive ketones (excluding diaryl/α,β-unsaturated/α-hetero) is 1. The highest BCUT2D eigenvalue weighted by Crippen LogP contribution is 2.41. The van der Waals surface area contributed by atoms with Crippen LogP contribution in [0.3, 0.4) is 0 Å². The lowest BCUT2D eigenvalue weighted by molar-refractivity contribution is -0.384. The number of carbonyl (C=O) groups is 1. The molecule has 0 radical (unpaired) electrons. The lowest BCUT2D eigenvalue weighted by Crippen LogP contribution is -2.28. The Kier molecular flexibility index (Phi) is 4.14. The van der Waals surface area contributed by atoms with Crippen molar-refractivity contribution in [1.82, 2.24) is 4.57 Å². The van der Waals surface area contributed by atoms with Crippen LogP contribution in [0.2, 0.25) is 0 Å². The topological polar surface area (TPSA) is 65.1 Å². The second-order valence-corrected chi connectivity index (χ2v) is 7.92. The Bertz CT molecular complexity index is 1100. The van der Waals surface area contributed by atoms with Gasteiger partial charge in [0.05, 0.1) is 16.7 Å². The van der Waals surface area contributed by atoms with Crippen LogP contribution in [-0.4, -0.2) is 15.3 Å². The summed E-state index contributed by atoms with van der Waals surface area (Å²) in [4.78, 5) is 23.8. The first kappa shape index (κ1) is 18.1. The van der Waals surface area contributed by atoms with Crippen molar-refractivity contribution in [2.24, 2.45) is 5.41 Å². The number of nitrogens with zero attached hydrogens (tertiary/aromatic N) is 2. The molecule has 0 spiro atoms. The number of fused-ring (bicyclic) bond motifs is 1. The fourth-order valence-corrected chi connectivity index (χ4v) is 3.94. The molecule has 0 fully saturated rings. The second-order valence-electron chi connectivity index (χ2n) is 7.92. The van der Waals surface area contributed by atoms with Crippen LogP contribution in [0, 0.1) is 21.3 Å². The van der Waals surface area contributed by atoms with Gasteiger partial charge in [0, 0.05) is 17.7 Å². The van der Waals surface area contributed by atoms with Gasteiger partial charge in [0.15, 0.2) is 5.78 Å². The Hall–Kier alpha value is -3.28. The monoisotopic (exact) mass is 378 g/mol. The van der Waals surface area contributed by atoms with Crippen molar-refractivity contribution >= 4 is 11.5 Å². The van der Waals surface area contributed by atoms with E-state index >= 15 is 0 Å². The molecule has 1 aliphatic rings. The zero-order valence-corrected chi connectivity index (χ0v) is 15.6. The van der Waals surface area contributed by atoms with Crippen LogP contribution in [0.15, 0.2) is 54.6 Å². The van der Waals surface area contributed by atoms with Crippen LogP contribution in [0.4, 0.5) is 10.1 Å². The molecule has 0 bridgehead atoms. The number of hydrogen-bond acceptors (Lipinski definition) is 3. The Morgan fingerprint density at radius 2 is 1.79 bits per heavy atom. The molecule has 0 saturated carbocycles. The number of halogens is 1. The molecule has 1 aliphatic carbocycles. The fourth-order valence-electron chi connectivity index (χ4n) is 3.94.